The van der Waals surface area contributed by atoms with Gasteiger partial charge in [-0.25, -0.2) is 4.79 Å². The lowest BCUT2D eigenvalue weighted by molar-refractivity contribution is 0.0932. The SMILES string of the molecule is C[C@@H](NC(=O)c1ccccc1)c1nc(Cn2c(=O)oc3ccccc32)no1. The molecule has 2 heterocycles. The van der Waals surface area contributed by atoms with Gasteiger partial charge in [0.1, 0.15) is 6.04 Å². The van der Waals surface area contributed by atoms with Gasteiger partial charge in [-0.3, -0.25) is 9.36 Å². The first-order valence-electron chi connectivity index (χ1n) is 8.38. The molecule has 4 aromatic rings. The molecule has 4 rings (SSSR count). The van der Waals surface area contributed by atoms with E-state index in [9.17, 15) is 9.59 Å². The third-order valence-electron chi connectivity index (χ3n) is 4.11. The smallest absolute Gasteiger partial charge is 0.408 e. The molecule has 27 heavy (non-hydrogen) atoms. The number of hydrogen-bond donors (Lipinski definition) is 1. The zero-order chi connectivity index (χ0) is 18.8. The number of fused-ring (bicyclic) bond motifs is 1. The van der Waals surface area contributed by atoms with Crippen LogP contribution in [0.2, 0.25) is 0 Å². The topological polar surface area (TPSA) is 103 Å². The van der Waals surface area contributed by atoms with Crippen molar-refractivity contribution in [3.63, 3.8) is 0 Å². The van der Waals surface area contributed by atoms with Crippen molar-refractivity contribution in [2.45, 2.75) is 19.5 Å². The summed E-state index contributed by atoms with van der Waals surface area (Å²) in [5, 5.41) is 6.70. The summed E-state index contributed by atoms with van der Waals surface area (Å²) in [5.41, 5.74) is 1.69. The van der Waals surface area contributed by atoms with Gasteiger partial charge in [0.25, 0.3) is 5.91 Å². The van der Waals surface area contributed by atoms with E-state index in [0.29, 0.717) is 22.5 Å². The van der Waals surface area contributed by atoms with E-state index in [-0.39, 0.29) is 18.3 Å². The highest BCUT2D eigenvalue weighted by atomic mass is 16.5. The van der Waals surface area contributed by atoms with Gasteiger partial charge < -0.3 is 14.3 Å². The maximum atomic E-state index is 12.2. The summed E-state index contributed by atoms with van der Waals surface area (Å²) < 4.78 is 11.9. The molecular formula is C19H16N4O4. The highest BCUT2D eigenvalue weighted by molar-refractivity contribution is 5.94. The third kappa shape index (κ3) is 3.37. The van der Waals surface area contributed by atoms with Gasteiger partial charge in [-0.05, 0) is 31.2 Å². The number of carbonyl (C=O) groups is 1. The monoisotopic (exact) mass is 364 g/mol. The summed E-state index contributed by atoms with van der Waals surface area (Å²) >= 11 is 0. The van der Waals surface area contributed by atoms with E-state index >= 15 is 0 Å². The van der Waals surface area contributed by atoms with Crippen molar-refractivity contribution >= 4 is 17.0 Å². The number of nitrogens with one attached hydrogen (secondary N) is 1. The Balaban J connectivity index is 1.50. The average molecular weight is 364 g/mol. The van der Waals surface area contributed by atoms with Crippen LogP contribution in [0.5, 0.6) is 0 Å². The lowest BCUT2D eigenvalue weighted by Gasteiger charge is -2.09. The van der Waals surface area contributed by atoms with Crippen LogP contribution in [0.1, 0.15) is 35.0 Å². The maximum absolute atomic E-state index is 12.2. The minimum Gasteiger partial charge on any atom is -0.408 e. The lowest BCUT2D eigenvalue weighted by Crippen LogP contribution is -2.26. The highest BCUT2D eigenvalue weighted by Crippen LogP contribution is 2.15. The largest absolute Gasteiger partial charge is 0.420 e. The number of benzene rings is 2. The summed E-state index contributed by atoms with van der Waals surface area (Å²) in [7, 11) is 0. The van der Waals surface area contributed by atoms with Gasteiger partial charge in [0.15, 0.2) is 11.4 Å². The van der Waals surface area contributed by atoms with Gasteiger partial charge in [-0.2, -0.15) is 4.98 Å². The summed E-state index contributed by atoms with van der Waals surface area (Å²) in [6, 6.07) is 15.5. The Hall–Kier alpha value is -3.68. The molecule has 0 spiro atoms. The summed E-state index contributed by atoms with van der Waals surface area (Å²) in [5.74, 6) is -0.150. The Bertz CT molecular complexity index is 1140. The predicted molar refractivity (Wildman–Crippen MR) is 96.2 cm³/mol. The number of para-hydroxylation sites is 2. The molecule has 1 atom stereocenters. The van der Waals surface area contributed by atoms with Crippen LogP contribution in [0.4, 0.5) is 0 Å². The fourth-order valence-electron chi connectivity index (χ4n) is 2.74. The van der Waals surface area contributed by atoms with Gasteiger partial charge in [-0.15, -0.1) is 0 Å². The predicted octanol–water partition coefficient (Wildman–Crippen LogP) is 2.52. The molecule has 0 aliphatic rings. The van der Waals surface area contributed by atoms with Crippen molar-refractivity contribution in [2.75, 3.05) is 0 Å². The van der Waals surface area contributed by atoms with Crippen molar-refractivity contribution < 1.29 is 13.7 Å². The molecule has 0 saturated carbocycles. The first-order valence-corrected chi connectivity index (χ1v) is 8.38. The molecule has 1 amide bonds. The molecule has 0 aliphatic carbocycles. The Kier molecular flexibility index (Phi) is 4.29. The van der Waals surface area contributed by atoms with Gasteiger partial charge in [0.2, 0.25) is 5.89 Å². The molecule has 0 saturated heterocycles. The number of nitrogens with zero attached hydrogens (tertiary/aromatic N) is 3. The van der Waals surface area contributed by atoms with Crippen LogP contribution in [0.3, 0.4) is 0 Å². The molecule has 136 valence electrons. The molecule has 0 aliphatic heterocycles. The van der Waals surface area contributed by atoms with Crippen LogP contribution in [-0.4, -0.2) is 20.6 Å². The summed E-state index contributed by atoms with van der Waals surface area (Å²) in [4.78, 5) is 28.5. The van der Waals surface area contributed by atoms with E-state index in [1.165, 1.54) is 4.57 Å². The Morgan fingerprint density at radius 1 is 1.15 bits per heavy atom. The van der Waals surface area contributed by atoms with Crippen LogP contribution in [-0.2, 0) is 6.54 Å². The molecule has 8 heteroatoms. The van der Waals surface area contributed by atoms with Crippen LogP contribution in [0.15, 0.2) is 68.3 Å². The van der Waals surface area contributed by atoms with Crippen LogP contribution in [0.25, 0.3) is 11.1 Å². The van der Waals surface area contributed by atoms with Gasteiger partial charge >= 0.3 is 5.76 Å². The van der Waals surface area contributed by atoms with E-state index in [1.54, 1.807) is 49.4 Å². The molecule has 2 aromatic carbocycles. The zero-order valence-corrected chi connectivity index (χ0v) is 14.5. The first-order chi connectivity index (χ1) is 13.1. The fourth-order valence-corrected chi connectivity index (χ4v) is 2.74. The van der Waals surface area contributed by atoms with Crippen LogP contribution in [0, 0.1) is 0 Å². The second-order valence-corrected chi connectivity index (χ2v) is 6.03. The van der Waals surface area contributed by atoms with E-state index in [1.807, 2.05) is 12.1 Å². The van der Waals surface area contributed by atoms with Crippen molar-refractivity contribution in [1.29, 1.82) is 0 Å². The van der Waals surface area contributed by atoms with Crippen molar-refractivity contribution in [3.8, 4) is 0 Å². The van der Waals surface area contributed by atoms with Crippen LogP contribution < -0.4 is 11.1 Å². The van der Waals surface area contributed by atoms with E-state index in [4.69, 9.17) is 8.94 Å². The maximum Gasteiger partial charge on any atom is 0.420 e. The molecule has 0 unspecified atom stereocenters. The van der Waals surface area contributed by atoms with Gasteiger partial charge in [0, 0.05) is 5.56 Å². The number of carbonyl (C=O) groups excluding carboxylic acids is 1. The highest BCUT2D eigenvalue weighted by Gasteiger charge is 2.19. The van der Waals surface area contributed by atoms with Crippen LogP contribution >= 0.6 is 0 Å². The number of oxazole rings is 1. The Labute approximate surface area is 153 Å². The molecular weight excluding hydrogens is 348 g/mol. The van der Waals surface area contributed by atoms with Crippen molar-refractivity contribution in [1.82, 2.24) is 20.0 Å². The second kappa shape index (κ2) is 6.91. The molecule has 8 nitrogen and oxygen atoms in total. The van der Waals surface area contributed by atoms with E-state index in [0.717, 1.165) is 0 Å². The molecule has 0 fully saturated rings. The fraction of sp³-hybridized carbons (Fsp3) is 0.158. The van der Waals surface area contributed by atoms with Gasteiger partial charge in [0.05, 0.1) is 12.1 Å². The van der Waals surface area contributed by atoms with Crippen molar-refractivity contribution in [2.24, 2.45) is 0 Å². The second-order valence-electron chi connectivity index (χ2n) is 6.03. The van der Waals surface area contributed by atoms with Gasteiger partial charge in [-0.1, -0.05) is 35.5 Å². The quantitative estimate of drug-likeness (QED) is 0.584. The number of rotatable bonds is 5. The third-order valence-corrected chi connectivity index (χ3v) is 4.11. The first kappa shape index (κ1) is 16.8. The minimum atomic E-state index is -0.493. The normalized spacial score (nSPS) is 12.2. The Morgan fingerprint density at radius 2 is 1.89 bits per heavy atom. The zero-order valence-electron chi connectivity index (χ0n) is 14.5. The van der Waals surface area contributed by atoms with E-state index < -0.39 is 11.8 Å². The molecule has 0 bridgehead atoms. The number of hydrogen-bond acceptors (Lipinski definition) is 6. The summed E-state index contributed by atoms with van der Waals surface area (Å²) in [6.07, 6.45) is 0. The number of amides is 1. The molecule has 2 aromatic heterocycles. The minimum absolute atomic E-state index is 0.110. The molecule has 1 N–H and O–H groups in total. The van der Waals surface area contributed by atoms with E-state index in [2.05, 4.69) is 15.5 Å². The van der Waals surface area contributed by atoms with Crippen molar-refractivity contribution in [3.05, 3.63) is 82.4 Å². The average Bonchev–Trinajstić information content (AvgIpc) is 3.28. The summed E-state index contributed by atoms with van der Waals surface area (Å²) in [6.45, 7) is 1.86. The molecule has 0 radical (unpaired) electrons. The standard InChI is InChI=1S/C19H16N4O4/c1-12(20-17(24)13-7-3-2-4-8-13)18-21-16(22-27-18)11-23-14-9-5-6-10-15(14)26-19(23)25/h2-10,12H,11H2,1H3,(H,20,24)/t12-/m1/s1. The Morgan fingerprint density at radius 3 is 2.70 bits per heavy atom. The number of aromatic nitrogens is 3. The lowest BCUT2D eigenvalue weighted by atomic mass is 10.2.